The Bertz CT molecular complexity index is 1510. The molecule has 4 fully saturated rings. The first-order valence-electron chi connectivity index (χ1n) is 18.0. The Morgan fingerprint density at radius 1 is 0.875 bits per heavy atom. The highest BCUT2D eigenvalue weighted by Gasteiger charge is 2.34. The molecule has 0 saturated carbocycles. The van der Waals surface area contributed by atoms with Crippen molar-refractivity contribution < 1.29 is 8.78 Å². The molecule has 7 rings (SSSR count). The number of aryl methyl sites for hydroxylation is 1. The standard InChI is InChI=1S/C25H31Cl2FN6.C11H21FN2/c1-15-14-33(11-8-22(15)32-9-6-19(28)7-10-32)23-13-29-24-16(2)31-34(25(24)30-23)17(3)20-5-4-18(26)12-21(20)27;1-9-8-13-5-2-11(9)14-6-3-10(12)4-7-14/h4-5,12-13,15,17,19,22H,6-11,14H2,1-3H3;9-11,13H,2-8H2,1H3/t15?,17-,22?;/m1./s1. The zero-order chi connectivity index (χ0) is 33.9. The number of halogens is 4. The lowest BCUT2D eigenvalue weighted by atomic mass is 9.90. The summed E-state index contributed by atoms with van der Waals surface area (Å²) in [6.07, 6.45) is 5.79. The van der Waals surface area contributed by atoms with Gasteiger partial charge in [0, 0.05) is 61.4 Å². The van der Waals surface area contributed by atoms with E-state index in [1.165, 1.54) is 6.42 Å². The smallest absolute Gasteiger partial charge is 0.179 e. The van der Waals surface area contributed by atoms with Crippen LogP contribution in [0.15, 0.2) is 24.4 Å². The summed E-state index contributed by atoms with van der Waals surface area (Å²) in [7, 11) is 0. The second kappa shape index (κ2) is 15.8. The van der Waals surface area contributed by atoms with E-state index in [2.05, 4.69) is 40.8 Å². The highest BCUT2D eigenvalue weighted by atomic mass is 35.5. The number of nitrogens with one attached hydrogen (secondary N) is 1. The van der Waals surface area contributed by atoms with E-state index in [1.807, 2.05) is 29.9 Å². The van der Waals surface area contributed by atoms with E-state index >= 15 is 0 Å². The van der Waals surface area contributed by atoms with Crippen molar-refractivity contribution in [2.24, 2.45) is 11.8 Å². The molecule has 48 heavy (non-hydrogen) atoms. The quantitative estimate of drug-likeness (QED) is 0.304. The van der Waals surface area contributed by atoms with Crippen LogP contribution in [0.1, 0.15) is 76.6 Å². The molecule has 0 amide bonds. The minimum atomic E-state index is -0.632. The van der Waals surface area contributed by atoms with Crippen LogP contribution in [0, 0.1) is 18.8 Å². The maximum absolute atomic E-state index is 13.6. The van der Waals surface area contributed by atoms with E-state index in [0.29, 0.717) is 40.9 Å². The SMILES string of the molecule is CC1CNCCC1N1CCC(F)CC1.Cc1nn([C@H](C)c2ccc(Cl)cc2Cl)c2nc(N3CCC(N4CCC(F)CC4)C(C)C3)cnc12. The van der Waals surface area contributed by atoms with E-state index in [1.54, 1.807) is 6.07 Å². The molecule has 0 bridgehead atoms. The van der Waals surface area contributed by atoms with E-state index < -0.39 is 12.3 Å². The average Bonchev–Trinajstić information content (AvgIpc) is 3.41. The molecule has 1 aromatic carbocycles. The molecule has 3 aromatic rings. The van der Waals surface area contributed by atoms with E-state index in [0.717, 1.165) is 106 Å². The molecule has 4 aliphatic rings. The molecule has 4 saturated heterocycles. The third-order valence-corrected chi connectivity index (χ3v) is 11.7. The van der Waals surface area contributed by atoms with Crippen molar-refractivity contribution in [2.45, 2.75) is 96.7 Å². The zero-order valence-corrected chi connectivity index (χ0v) is 30.4. The summed E-state index contributed by atoms with van der Waals surface area (Å²) < 4.78 is 28.5. The Kier molecular flexibility index (Phi) is 11.8. The van der Waals surface area contributed by atoms with Crippen LogP contribution in [0.2, 0.25) is 10.0 Å². The molecule has 1 N–H and O–H groups in total. The lowest BCUT2D eigenvalue weighted by Crippen LogP contribution is -2.52. The largest absolute Gasteiger partial charge is 0.355 e. The second-order valence-electron chi connectivity index (χ2n) is 14.5. The Balaban J connectivity index is 0.000000239. The Labute approximate surface area is 294 Å². The van der Waals surface area contributed by atoms with Gasteiger partial charge in [0.2, 0.25) is 0 Å². The number of fused-ring (bicyclic) bond motifs is 1. The molecule has 5 atom stereocenters. The van der Waals surface area contributed by atoms with Gasteiger partial charge in [-0.05, 0) is 95.0 Å². The maximum Gasteiger partial charge on any atom is 0.179 e. The zero-order valence-electron chi connectivity index (χ0n) is 28.9. The third kappa shape index (κ3) is 8.09. The third-order valence-electron chi connectivity index (χ3n) is 11.1. The molecule has 0 radical (unpaired) electrons. The van der Waals surface area contributed by atoms with Crippen molar-refractivity contribution in [2.75, 3.05) is 57.3 Å². The molecule has 264 valence electrons. The van der Waals surface area contributed by atoms with Crippen LogP contribution < -0.4 is 10.2 Å². The first-order valence-corrected chi connectivity index (χ1v) is 18.7. The number of nitrogens with zero attached hydrogens (tertiary/aromatic N) is 7. The Morgan fingerprint density at radius 3 is 2.12 bits per heavy atom. The summed E-state index contributed by atoms with van der Waals surface area (Å²) >= 11 is 12.6. The molecule has 6 heterocycles. The van der Waals surface area contributed by atoms with Gasteiger partial charge in [-0.2, -0.15) is 5.10 Å². The fraction of sp³-hybridized carbons (Fsp3) is 0.694. The molecular weight excluding hydrogens is 653 g/mol. The number of hydrogen-bond donors (Lipinski definition) is 1. The van der Waals surface area contributed by atoms with Crippen LogP contribution >= 0.6 is 23.2 Å². The van der Waals surface area contributed by atoms with Gasteiger partial charge in [-0.1, -0.05) is 43.1 Å². The molecule has 2 aromatic heterocycles. The van der Waals surface area contributed by atoms with Gasteiger partial charge in [-0.25, -0.2) is 23.4 Å². The topological polar surface area (TPSA) is 65.4 Å². The van der Waals surface area contributed by atoms with Crippen LogP contribution in [0.5, 0.6) is 0 Å². The van der Waals surface area contributed by atoms with Gasteiger partial charge < -0.3 is 10.2 Å². The summed E-state index contributed by atoms with van der Waals surface area (Å²) in [6, 6.07) is 6.62. The lowest BCUT2D eigenvalue weighted by molar-refractivity contribution is 0.0694. The number of likely N-dealkylation sites (tertiary alicyclic amines) is 2. The van der Waals surface area contributed by atoms with Crippen molar-refractivity contribution in [1.29, 1.82) is 0 Å². The Hall–Kier alpha value is -2.11. The predicted octanol–water partition coefficient (Wildman–Crippen LogP) is 7.12. The predicted molar refractivity (Wildman–Crippen MR) is 192 cm³/mol. The Morgan fingerprint density at radius 2 is 1.52 bits per heavy atom. The molecule has 4 aliphatic heterocycles. The van der Waals surface area contributed by atoms with Gasteiger partial charge >= 0.3 is 0 Å². The number of hydrogen-bond acceptors (Lipinski definition) is 7. The van der Waals surface area contributed by atoms with Crippen LogP contribution in [0.3, 0.4) is 0 Å². The van der Waals surface area contributed by atoms with Crippen LogP contribution in [0.25, 0.3) is 11.2 Å². The van der Waals surface area contributed by atoms with Crippen LogP contribution in [0.4, 0.5) is 14.6 Å². The first kappa shape index (κ1) is 35.7. The van der Waals surface area contributed by atoms with Crippen molar-refractivity contribution in [3.05, 3.63) is 45.7 Å². The summed E-state index contributed by atoms with van der Waals surface area (Å²) in [4.78, 5) is 17.1. The van der Waals surface area contributed by atoms with Crippen molar-refractivity contribution >= 4 is 40.2 Å². The fourth-order valence-electron chi connectivity index (χ4n) is 8.26. The van der Waals surface area contributed by atoms with Gasteiger partial charge in [0.15, 0.2) is 5.65 Å². The summed E-state index contributed by atoms with van der Waals surface area (Å²) in [5.74, 6) is 2.07. The number of anilines is 1. The normalized spacial score (nSPS) is 27.5. The minimum Gasteiger partial charge on any atom is -0.355 e. The monoisotopic (exact) mass is 704 g/mol. The van der Waals surface area contributed by atoms with Gasteiger partial charge in [-0.3, -0.25) is 9.80 Å². The second-order valence-corrected chi connectivity index (χ2v) is 15.4. The number of benzene rings is 1. The van der Waals surface area contributed by atoms with E-state index in [4.69, 9.17) is 38.3 Å². The number of rotatable bonds is 5. The molecule has 0 aliphatic carbocycles. The maximum atomic E-state index is 13.6. The van der Waals surface area contributed by atoms with Gasteiger partial charge in [0.25, 0.3) is 0 Å². The lowest BCUT2D eigenvalue weighted by Gasteiger charge is -2.44. The van der Waals surface area contributed by atoms with E-state index in [-0.39, 0.29) is 6.04 Å². The molecule has 8 nitrogen and oxygen atoms in total. The summed E-state index contributed by atoms with van der Waals surface area (Å²) in [5, 5.41) is 9.38. The number of piperidine rings is 4. The molecule has 12 heteroatoms. The number of alkyl halides is 2. The first-order chi connectivity index (χ1) is 23.1. The molecular formula is C36H52Cl2F2N8. The van der Waals surface area contributed by atoms with Gasteiger partial charge in [0.05, 0.1) is 17.9 Å². The van der Waals surface area contributed by atoms with E-state index in [9.17, 15) is 8.78 Å². The van der Waals surface area contributed by atoms with Crippen molar-refractivity contribution in [3.8, 4) is 0 Å². The summed E-state index contributed by atoms with van der Waals surface area (Å²) in [6.45, 7) is 16.4. The highest BCUT2D eigenvalue weighted by Crippen LogP contribution is 2.32. The molecule has 0 spiro atoms. The van der Waals surface area contributed by atoms with Gasteiger partial charge in [-0.15, -0.1) is 0 Å². The molecule has 4 unspecified atom stereocenters. The minimum absolute atomic E-state index is 0.117. The highest BCUT2D eigenvalue weighted by molar-refractivity contribution is 6.35. The van der Waals surface area contributed by atoms with Crippen molar-refractivity contribution in [3.63, 3.8) is 0 Å². The van der Waals surface area contributed by atoms with Gasteiger partial charge in [0.1, 0.15) is 23.7 Å². The summed E-state index contributed by atoms with van der Waals surface area (Å²) in [5.41, 5.74) is 3.34. The van der Waals surface area contributed by atoms with Crippen molar-refractivity contribution in [1.82, 2.24) is 34.9 Å². The fourth-order valence-corrected chi connectivity index (χ4v) is 8.83. The average molecular weight is 706 g/mol. The van der Waals surface area contributed by atoms with Crippen LogP contribution in [-0.4, -0.2) is 106 Å². The number of aromatic nitrogens is 4. The van der Waals surface area contributed by atoms with Crippen LogP contribution in [-0.2, 0) is 0 Å².